The maximum absolute atomic E-state index is 12.0. The van der Waals surface area contributed by atoms with Crippen LogP contribution in [0.1, 0.15) is 12.8 Å². The van der Waals surface area contributed by atoms with E-state index in [1.54, 1.807) is 36.2 Å². The summed E-state index contributed by atoms with van der Waals surface area (Å²) in [6.07, 6.45) is 1.34. The lowest BCUT2D eigenvalue weighted by molar-refractivity contribution is -0.132. The highest BCUT2D eigenvalue weighted by Crippen LogP contribution is 2.19. The number of nitrogens with zero attached hydrogens (tertiary/aromatic N) is 2. The lowest BCUT2D eigenvalue weighted by atomic mass is 10.1. The van der Waals surface area contributed by atoms with Crippen LogP contribution in [0.15, 0.2) is 29.2 Å². The highest BCUT2D eigenvalue weighted by atomic mass is 32.2. The average molecular weight is 311 g/mol. The molecule has 6 nitrogen and oxygen atoms in total. The minimum atomic E-state index is -3.39. The highest BCUT2D eigenvalue weighted by molar-refractivity contribution is 7.89. The number of sulfonamides is 1. The summed E-state index contributed by atoms with van der Waals surface area (Å²) in [5, 5.41) is 3.34. The van der Waals surface area contributed by atoms with Crippen molar-refractivity contribution in [3.63, 3.8) is 0 Å². The van der Waals surface area contributed by atoms with E-state index in [0.717, 1.165) is 12.1 Å². The molecular weight excluding hydrogens is 290 g/mol. The van der Waals surface area contributed by atoms with Crippen LogP contribution < -0.4 is 5.32 Å². The van der Waals surface area contributed by atoms with Gasteiger partial charge in [-0.2, -0.15) is 0 Å². The van der Waals surface area contributed by atoms with E-state index >= 15 is 0 Å². The molecular formula is C14H21N3O3S. The highest BCUT2D eigenvalue weighted by Gasteiger charge is 2.23. The molecule has 0 aliphatic carbocycles. The van der Waals surface area contributed by atoms with E-state index in [-0.39, 0.29) is 16.8 Å². The molecule has 1 aliphatic heterocycles. The number of anilines is 1. The van der Waals surface area contributed by atoms with E-state index < -0.39 is 10.0 Å². The Bertz CT molecular complexity index is 611. The molecule has 1 aromatic rings. The molecule has 1 heterocycles. The van der Waals surface area contributed by atoms with Crippen LogP contribution in [0.2, 0.25) is 0 Å². The first kappa shape index (κ1) is 15.8. The zero-order chi connectivity index (χ0) is 15.6. The standard InChI is InChI=1S/C14H21N3O3S/c1-16(2)21(19,20)13-7-4-11(5-8-13)15-12-6-9-14(18)17(3)10-12/h4-5,7-8,12,15H,6,9-10H2,1-3H3. The van der Waals surface area contributed by atoms with Crippen LogP contribution >= 0.6 is 0 Å². The average Bonchev–Trinajstić information content (AvgIpc) is 2.43. The van der Waals surface area contributed by atoms with Gasteiger partial charge in [-0.25, -0.2) is 12.7 Å². The lowest BCUT2D eigenvalue weighted by Gasteiger charge is -2.30. The van der Waals surface area contributed by atoms with Gasteiger partial charge in [-0.3, -0.25) is 4.79 Å². The second-order valence-electron chi connectivity index (χ2n) is 5.47. The number of benzene rings is 1. The van der Waals surface area contributed by atoms with E-state index in [4.69, 9.17) is 0 Å². The number of nitrogens with one attached hydrogen (secondary N) is 1. The predicted octanol–water partition coefficient (Wildman–Crippen LogP) is 0.970. The van der Waals surface area contributed by atoms with Crippen molar-refractivity contribution in [3.8, 4) is 0 Å². The van der Waals surface area contributed by atoms with Gasteiger partial charge in [0.1, 0.15) is 0 Å². The number of carbonyl (C=O) groups excluding carboxylic acids is 1. The number of likely N-dealkylation sites (N-methyl/N-ethyl adjacent to an activating group) is 1. The van der Waals surface area contributed by atoms with E-state index in [2.05, 4.69) is 5.32 Å². The molecule has 1 unspecified atom stereocenters. The molecule has 21 heavy (non-hydrogen) atoms. The number of rotatable bonds is 4. The van der Waals surface area contributed by atoms with Gasteiger partial charge in [0.15, 0.2) is 0 Å². The number of likely N-dealkylation sites (tertiary alicyclic amines) is 1. The van der Waals surface area contributed by atoms with Crippen LogP contribution in [0.25, 0.3) is 0 Å². The summed E-state index contributed by atoms with van der Waals surface area (Å²) in [5.74, 6) is 0.167. The SMILES string of the molecule is CN1CC(Nc2ccc(S(=O)(=O)N(C)C)cc2)CCC1=O. The van der Waals surface area contributed by atoms with Crippen LogP contribution in [0, 0.1) is 0 Å². The molecule has 1 fully saturated rings. The van der Waals surface area contributed by atoms with Crippen molar-refractivity contribution in [1.29, 1.82) is 0 Å². The number of carbonyl (C=O) groups is 1. The number of amides is 1. The first-order chi connectivity index (χ1) is 9.80. The van der Waals surface area contributed by atoms with Gasteiger partial charge in [0.2, 0.25) is 15.9 Å². The number of hydrogen-bond donors (Lipinski definition) is 1. The Kier molecular flexibility index (Phi) is 4.53. The third-order valence-corrected chi connectivity index (χ3v) is 5.46. The number of hydrogen-bond acceptors (Lipinski definition) is 4. The van der Waals surface area contributed by atoms with Gasteiger partial charge >= 0.3 is 0 Å². The Labute approximate surface area is 125 Å². The van der Waals surface area contributed by atoms with Gasteiger partial charge in [-0.1, -0.05) is 0 Å². The molecule has 1 N–H and O–H groups in total. The summed E-state index contributed by atoms with van der Waals surface area (Å²) >= 11 is 0. The summed E-state index contributed by atoms with van der Waals surface area (Å²) in [6, 6.07) is 6.90. The van der Waals surface area contributed by atoms with Crippen molar-refractivity contribution in [1.82, 2.24) is 9.21 Å². The molecule has 116 valence electrons. The van der Waals surface area contributed by atoms with Gasteiger partial charge in [-0.05, 0) is 30.7 Å². The van der Waals surface area contributed by atoms with Gasteiger partial charge in [0.25, 0.3) is 0 Å². The maximum atomic E-state index is 12.0. The fraction of sp³-hybridized carbons (Fsp3) is 0.500. The van der Waals surface area contributed by atoms with Crippen molar-refractivity contribution < 1.29 is 13.2 Å². The normalized spacial score (nSPS) is 19.9. The Balaban J connectivity index is 2.05. The minimum absolute atomic E-state index is 0.167. The molecule has 1 atom stereocenters. The largest absolute Gasteiger partial charge is 0.381 e. The third-order valence-electron chi connectivity index (χ3n) is 3.63. The van der Waals surface area contributed by atoms with Crippen molar-refractivity contribution in [2.45, 2.75) is 23.8 Å². The number of piperidine rings is 1. The quantitative estimate of drug-likeness (QED) is 0.899. The molecule has 0 bridgehead atoms. The van der Waals surface area contributed by atoms with E-state index in [1.165, 1.54) is 18.4 Å². The van der Waals surface area contributed by atoms with Gasteiger partial charge in [0, 0.05) is 45.8 Å². The molecule has 1 aliphatic rings. The Morgan fingerprint density at radius 2 is 1.86 bits per heavy atom. The molecule has 0 saturated carbocycles. The molecule has 2 rings (SSSR count). The van der Waals surface area contributed by atoms with Crippen molar-refractivity contribution in [3.05, 3.63) is 24.3 Å². The fourth-order valence-corrected chi connectivity index (χ4v) is 3.20. The summed E-state index contributed by atoms with van der Waals surface area (Å²) in [6.45, 7) is 0.663. The van der Waals surface area contributed by atoms with E-state index in [0.29, 0.717) is 13.0 Å². The van der Waals surface area contributed by atoms with Crippen LogP contribution in [0.5, 0.6) is 0 Å². The molecule has 1 aromatic carbocycles. The molecule has 0 aromatic heterocycles. The van der Waals surface area contributed by atoms with Crippen molar-refractivity contribution in [2.75, 3.05) is 33.0 Å². The summed E-state index contributed by atoms with van der Waals surface area (Å²) in [5.41, 5.74) is 0.862. The maximum Gasteiger partial charge on any atom is 0.242 e. The minimum Gasteiger partial charge on any atom is -0.381 e. The topological polar surface area (TPSA) is 69.7 Å². The predicted molar refractivity (Wildman–Crippen MR) is 81.6 cm³/mol. The first-order valence-corrected chi connectivity index (χ1v) is 8.28. The summed E-state index contributed by atoms with van der Waals surface area (Å²) in [7, 11) is 1.43. The molecule has 0 spiro atoms. The molecule has 1 saturated heterocycles. The van der Waals surface area contributed by atoms with Gasteiger partial charge in [0.05, 0.1) is 4.90 Å². The zero-order valence-electron chi connectivity index (χ0n) is 12.5. The second-order valence-corrected chi connectivity index (χ2v) is 7.62. The fourth-order valence-electron chi connectivity index (χ4n) is 2.30. The first-order valence-electron chi connectivity index (χ1n) is 6.84. The van der Waals surface area contributed by atoms with Crippen LogP contribution in [-0.2, 0) is 14.8 Å². The van der Waals surface area contributed by atoms with Crippen molar-refractivity contribution >= 4 is 21.6 Å². The lowest BCUT2D eigenvalue weighted by Crippen LogP contribution is -2.43. The third kappa shape index (κ3) is 3.54. The summed E-state index contributed by atoms with van der Waals surface area (Å²) in [4.78, 5) is 13.4. The van der Waals surface area contributed by atoms with E-state index in [9.17, 15) is 13.2 Å². The zero-order valence-corrected chi connectivity index (χ0v) is 13.4. The van der Waals surface area contributed by atoms with Crippen LogP contribution in [0.4, 0.5) is 5.69 Å². The monoisotopic (exact) mass is 311 g/mol. The molecule has 0 radical (unpaired) electrons. The van der Waals surface area contributed by atoms with Crippen LogP contribution in [-0.4, -0.2) is 57.3 Å². The molecule has 1 amide bonds. The second kappa shape index (κ2) is 6.03. The Morgan fingerprint density at radius 3 is 2.38 bits per heavy atom. The summed E-state index contributed by atoms with van der Waals surface area (Å²) < 4.78 is 25.1. The molecule has 7 heteroatoms. The van der Waals surface area contributed by atoms with Gasteiger partial charge in [-0.15, -0.1) is 0 Å². The van der Waals surface area contributed by atoms with Crippen molar-refractivity contribution in [2.24, 2.45) is 0 Å². The van der Waals surface area contributed by atoms with E-state index in [1.807, 2.05) is 0 Å². The van der Waals surface area contributed by atoms with Gasteiger partial charge < -0.3 is 10.2 Å². The Hall–Kier alpha value is -1.60. The van der Waals surface area contributed by atoms with Crippen LogP contribution in [0.3, 0.4) is 0 Å². The smallest absolute Gasteiger partial charge is 0.242 e. The Morgan fingerprint density at radius 1 is 1.24 bits per heavy atom.